The number of nitrogens with one attached hydrogen (secondary N) is 1. The van der Waals surface area contributed by atoms with Gasteiger partial charge in [0.2, 0.25) is 0 Å². The van der Waals surface area contributed by atoms with Gasteiger partial charge >= 0.3 is 0 Å². The Kier molecular flexibility index (Phi) is 3.18. The molecule has 0 bridgehead atoms. The third-order valence-electron chi connectivity index (χ3n) is 2.28. The largest absolute Gasteiger partial charge is 0.364 e. The van der Waals surface area contributed by atoms with Crippen molar-refractivity contribution in [3.8, 4) is 0 Å². The van der Waals surface area contributed by atoms with Gasteiger partial charge in [-0.05, 0) is 25.5 Å². The van der Waals surface area contributed by atoms with Gasteiger partial charge in [-0.3, -0.25) is 0 Å². The van der Waals surface area contributed by atoms with Crippen LogP contribution in [-0.2, 0) is 0 Å². The van der Waals surface area contributed by atoms with E-state index in [-0.39, 0.29) is 0 Å². The van der Waals surface area contributed by atoms with Crippen LogP contribution in [0.2, 0.25) is 0 Å². The molecule has 2 heteroatoms. The molecule has 0 aliphatic carbocycles. The number of rotatable bonds is 4. The first-order chi connectivity index (χ1) is 6.24. The summed E-state index contributed by atoms with van der Waals surface area (Å²) in [7, 11) is 0. The molecule has 0 aromatic carbocycles. The molecule has 1 heterocycles. The standard InChI is InChI=1S/C11H18N2/c1-5-8-13-9(4)12-10(6-2)11(13)7-3/h6-7,9,12H,2-3,5,8H2,1,4H3. The quantitative estimate of drug-likeness (QED) is 0.710. The molecule has 2 nitrogen and oxygen atoms in total. The van der Waals surface area contributed by atoms with Crippen LogP contribution in [0, 0.1) is 0 Å². The molecule has 0 amide bonds. The Morgan fingerprint density at radius 1 is 1.46 bits per heavy atom. The van der Waals surface area contributed by atoms with Crippen LogP contribution in [-0.4, -0.2) is 17.6 Å². The molecule has 72 valence electrons. The van der Waals surface area contributed by atoms with Crippen molar-refractivity contribution in [2.45, 2.75) is 26.4 Å². The second kappa shape index (κ2) is 4.17. The molecule has 1 N–H and O–H groups in total. The zero-order valence-electron chi connectivity index (χ0n) is 8.51. The van der Waals surface area contributed by atoms with Gasteiger partial charge in [0, 0.05) is 6.54 Å². The maximum Gasteiger partial charge on any atom is 0.0962 e. The van der Waals surface area contributed by atoms with E-state index in [1.54, 1.807) is 0 Å². The smallest absolute Gasteiger partial charge is 0.0962 e. The van der Waals surface area contributed by atoms with E-state index in [1.807, 2.05) is 12.2 Å². The lowest BCUT2D eigenvalue weighted by Crippen LogP contribution is -2.34. The van der Waals surface area contributed by atoms with E-state index in [1.165, 1.54) is 5.70 Å². The normalized spacial score (nSPS) is 21.7. The lowest BCUT2D eigenvalue weighted by Gasteiger charge is -2.24. The summed E-state index contributed by atoms with van der Waals surface area (Å²) in [5.41, 5.74) is 2.26. The minimum Gasteiger partial charge on any atom is -0.364 e. The lowest BCUT2D eigenvalue weighted by molar-refractivity contribution is 0.284. The third-order valence-corrected chi connectivity index (χ3v) is 2.28. The first-order valence-corrected chi connectivity index (χ1v) is 4.77. The van der Waals surface area contributed by atoms with E-state index in [4.69, 9.17) is 0 Å². The van der Waals surface area contributed by atoms with Gasteiger partial charge < -0.3 is 10.2 Å². The van der Waals surface area contributed by atoms with Crippen LogP contribution in [0.1, 0.15) is 20.3 Å². The zero-order chi connectivity index (χ0) is 9.84. The van der Waals surface area contributed by atoms with Crippen molar-refractivity contribution >= 4 is 0 Å². The van der Waals surface area contributed by atoms with E-state index in [0.29, 0.717) is 6.17 Å². The average molecular weight is 178 g/mol. The molecule has 1 atom stereocenters. The third kappa shape index (κ3) is 1.77. The molecule has 1 rings (SSSR count). The fourth-order valence-corrected chi connectivity index (χ4v) is 1.69. The maximum atomic E-state index is 3.82. The maximum absolute atomic E-state index is 3.82. The summed E-state index contributed by atoms with van der Waals surface area (Å²) in [6.07, 6.45) is 5.25. The average Bonchev–Trinajstić information content (AvgIpc) is 2.44. The van der Waals surface area contributed by atoms with E-state index < -0.39 is 0 Å². The Balaban J connectivity index is 2.87. The van der Waals surface area contributed by atoms with Crippen LogP contribution in [0.25, 0.3) is 0 Å². The fraction of sp³-hybridized carbons (Fsp3) is 0.455. The van der Waals surface area contributed by atoms with Crippen molar-refractivity contribution in [2.24, 2.45) is 0 Å². The molecule has 0 radical (unpaired) electrons. The first-order valence-electron chi connectivity index (χ1n) is 4.77. The van der Waals surface area contributed by atoms with Crippen molar-refractivity contribution in [1.82, 2.24) is 10.2 Å². The summed E-state index contributed by atoms with van der Waals surface area (Å²) in [6.45, 7) is 13.0. The highest BCUT2D eigenvalue weighted by molar-refractivity contribution is 5.33. The molecule has 0 fully saturated rings. The SMILES string of the molecule is C=CC1=C(C=C)N(CCC)C(C)N1. The molecule has 13 heavy (non-hydrogen) atoms. The van der Waals surface area contributed by atoms with E-state index in [2.05, 4.69) is 37.2 Å². The van der Waals surface area contributed by atoms with Crippen molar-refractivity contribution < 1.29 is 0 Å². The van der Waals surface area contributed by atoms with Gasteiger partial charge in [-0.25, -0.2) is 0 Å². The molecule has 0 saturated carbocycles. The Hall–Kier alpha value is -1.18. The molecule has 0 saturated heterocycles. The van der Waals surface area contributed by atoms with E-state index in [9.17, 15) is 0 Å². The van der Waals surface area contributed by atoms with Gasteiger partial charge in [-0.15, -0.1) is 0 Å². The minimum absolute atomic E-state index is 0.362. The highest BCUT2D eigenvalue weighted by atomic mass is 15.3. The van der Waals surface area contributed by atoms with Crippen LogP contribution in [0.3, 0.4) is 0 Å². The van der Waals surface area contributed by atoms with E-state index in [0.717, 1.165) is 18.7 Å². The summed E-state index contributed by atoms with van der Waals surface area (Å²) in [4.78, 5) is 2.31. The summed E-state index contributed by atoms with van der Waals surface area (Å²) < 4.78 is 0. The van der Waals surface area contributed by atoms with Gasteiger partial charge in [0.1, 0.15) is 0 Å². The summed E-state index contributed by atoms with van der Waals surface area (Å²) in [5, 5.41) is 3.36. The van der Waals surface area contributed by atoms with E-state index >= 15 is 0 Å². The highest BCUT2D eigenvalue weighted by Crippen LogP contribution is 2.21. The molecular weight excluding hydrogens is 160 g/mol. The summed E-state index contributed by atoms with van der Waals surface area (Å²) in [5.74, 6) is 0. The van der Waals surface area contributed by atoms with Gasteiger partial charge in [0.05, 0.1) is 17.6 Å². The van der Waals surface area contributed by atoms with Crippen molar-refractivity contribution in [2.75, 3.05) is 6.54 Å². The molecule has 0 spiro atoms. The predicted molar refractivity (Wildman–Crippen MR) is 57.0 cm³/mol. The second-order valence-electron chi connectivity index (χ2n) is 3.22. The molecular formula is C11H18N2. The first kappa shape index (κ1) is 9.90. The molecule has 1 aliphatic rings. The minimum atomic E-state index is 0.362. The number of nitrogens with zero attached hydrogens (tertiary/aromatic N) is 1. The van der Waals surface area contributed by atoms with Gasteiger partial charge in [-0.1, -0.05) is 20.1 Å². The Morgan fingerprint density at radius 2 is 2.15 bits per heavy atom. The number of hydrogen-bond donors (Lipinski definition) is 1. The fourth-order valence-electron chi connectivity index (χ4n) is 1.69. The molecule has 1 aliphatic heterocycles. The molecule has 0 aromatic heterocycles. The Labute approximate surface area is 80.6 Å². The molecule has 0 aromatic rings. The lowest BCUT2D eigenvalue weighted by atomic mass is 10.3. The monoisotopic (exact) mass is 178 g/mol. The van der Waals surface area contributed by atoms with Gasteiger partial charge in [-0.2, -0.15) is 0 Å². The zero-order valence-corrected chi connectivity index (χ0v) is 8.51. The van der Waals surface area contributed by atoms with Crippen LogP contribution in [0.4, 0.5) is 0 Å². The predicted octanol–water partition coefficient (Wildman–Crippen LogP) is 2.23. The van der Waals surface area contributed by atoms with Crippen LogP contribution in [0.15, 0.2) is 36.7 Å². The Morgan fingerprint density at radius 3 is 2.62 bits per heavy atom. The van der Waals surface area contributed by atoms with Gasteiger partial charge in [0.15, 0.2) is 0 Å². The molecule has 1 unspecified atom stereocenters. The summed E-state index contributed by atoms with van der Waals surface area (Å²) in [6, 6.07) is 0. The van der Waals surface area contributed by atoms with Gasteiger partial charge in [0.25, 0.3) is 0 Å². The topological polar surface area (TPSA) is 15.3 Å². The Bertz CT molecular complexity index is 240. The van der Waals surface area contributed by atoms with Crippen molar-refractivity contribution in [3.63, 3.8) is 0 Å². The second-order valence-corrected chi connectivity index (χ2v) is 3.22. The summed E-state index contributed by atoms with van der Waals surface area (Å²) >= 11 is 0. The number of allylic oxidation sites excluding steroid dienone is 2. The van der Waals surface area contributed by atoms with Crippen molar-refractivity contribution in [3.05, 3.63) is 36.7 Å². The van der Waals surface area contributed by atoms with Crippen LogP contribution in [0.5, 0.6) is 0 Å². The van der Waals surface area contributed by atoms with Crippen LogP contribution < -0.4 is 5.32 Å². The van der Waals surface area contributed by atoms with Crippen LogP contribution >= 0.6 is 0 Å². The van der Waals surface area contributed by atoms with Crippen molar-refractivity contribution in [1.29, 1.82) is 0 Å². The highest BCUT2D eigenvalue weighted by Gasteiger charge is 2.23. The number of hydrogen-bond acceptors (Lipinski definition) is 2.